The second kappa shape index (κ2) is 5.72. The van der Waals surface area contributed by atoms with Gasteiger partial charge in [-0.05, 0) is 24.1 Å². The van der Waals surface area contributed by atoms with Crippen LogP contribution in [0, 0.1) is 10.1 Å². The second-order valence-electron chi connectivity index (χ2n) is 4.56. The van der Waals surface area contributed by atoms with Gasteiger partial charge in [-0.15, -0.1) is 0 Å². The first-order valence-corrected chi connectivity index (χ1v) is 6.70. The molecule has 0 bridgehead atoms. The second-order valence-corrected chi connectivity index (χ2v) is 4.56. The van der Waals surface area contributed by atoms with Gasteiger partial charge in [0.15, 0.2) is 5.65 Å². The molecule has 0 saturated heterocycles. The first-order valence-electron chi connectivity index (χ1n) is 6.70. The summed E-state index contributed by atoms with van der Waals surface area (Å²) in [5.74, 6) is 0.387. The van der Waals surface area contributed by atoms with E-state index in [1.807, 2.05) is 6.92 Å². The van der Waals surface area contributed by atoms with Crippen molar-refractivity contribution in [2.45, 2.75) is 13.3 Å². The van der Waals surface area contributed by atoms with Gasteiger partial charge in [-0.2, -0.15) is 4.98 Å². The predicted octanol–water partition coefficient (Wildman–Crippen LogP) is 3.29. The zero-order valence-corrected chi connectivity index (χ0v) is 11.8. The molecule has 0 spiro atoms. The average molecular weight is 296 g/mol. The van der Waals surface area contributed by atoms with Crippen molar-refractivity contribution in [3.63, 3.8) is 0 Å². The van der Waals surface area contributed by atoms with Gasteiger partial charge in [0.05, 0.1) is 4.92 Å². The number of ether oxygens (including phenoxy) is 1. The number of fused-ring (bicyclic) bond motifs is 1. The Balaban J connectivity index is 1.98. The molecule has 0 radical (unpaired) electrons. The number of nitro groups is 1. The summed E-state index contributed by atoms with van der Waals surface area (Å²) in [4.78, 5) is 23.1. The van der Waals surface area contributed by atoms with Crippen molar-refractivity contribution < 1.29 is 9.66 Å². The molecule has 0 aliphatic rings. The quantitative estimate of drug-likeness (QED) is 0.542. The maximum Gasteiger partial charge on any atom is 0.311 e. The van der Waals surface area contributed by atoms with Gasteiger partial charge < -0.3 is 4.74 Å². The zero-order chi connectivity index (χ0) is 15.5. The van der Waals surface area contributed by atoms with Crippen LogP contribution in [0.3, 0.4) is 0 Å². The van der Waals surface area contributed by atoms with Crippen LogP contribution >= 0.6 is 0 Å². The Bertz CT molecular complexity index is 851. The van der Waals surface area contributed by atoms with E-state index < -0.39 is 4.92 Å². The van der Waals surface area contributed by atoms with Crippen molar-refractivity contribution >= 4 is 16.9 Å². The first-order chi connectivity index (χ1) is 10.7. The minimum atomic E-state index is -0.463. The molecule has 0 fully saturated rings. The molecule has 3 aromatic rings. The molecule has 22 heavy (non-hydrogen) atoms. The summed E-state index contributed by atoms with van der Waals surface area (Å²) < 4.78 is 5.56. The van der Waals surface area contributed by atoms with Gasteiger partial charge in [0.2, 0.25) is 11.6 Å². The smallest absolute Gasteiger partial charge is 0.311 e. The van der Waals surface area contributed by atoms with Gasteiger partial charge in [0.1, 0.15) is 5.52 Å². The van der Waals surface area contributed by atoms with Crippen molar-refractivity contribution in [3.8, 4) is 11.6 Å². The standard InChI is InChI=1S/C15H12N4O3/c1-2-10-3-5-13(12(9-10)19(20)21)22-14-6-4-11-15(18-14)17-8-7-16-11/h3-9H,2H2,1H3. The number of hydrogen-bond acceptors (Lipinski definition) is 6. The summed E-state index contributed by atoms with van der Waals surface area (Å²) in [5, 5.41) is 11.2. The van der Waals surface area contributed by atoms with Crippen LogP contribution in [0.5, 0.6) is 11.6 Å². The average Bonchev–Trinajstić information content (AvgIpc) is 2.55. The highest BCUT2D eigenvalue weighted by Crippen LogP contribution is 2.31. The molecule has 2 heterocycles. The molecule has 0 saturated carbocycles. The van der Waals surface area contributed by atoms with Crippen LogP contribution in [0.1, 0.15) is 12.5 Å². The summed E-state index contributed by atoms with van der Waals surface area (Å²) in [6.07, 6.45) is 3.81. The highest BCUT2D eigenvalue weighted by atomic mass is 16.6. The fourth-order valence-corrected chi connectivity index (χ4v) is 2.02. The number of hydrogen-bond donors (Lipinski definition) is 0. The van der Waals surface area contributed by atoms with E-state index in [1.165, 1.54) is 12.3 Å². The lowest BCUT2D eigenvalue weighted by Crippen LogP contribution is -1.97. The van der Waals surface area contributed by atoms with Crippen molar-refractivity contribution in [1.82, 2.24) is 15.0 Å². The van der Waals surface area contributed by atoms with E-state index >= 15 is 0 Å². The zero-order valence-electron chi connectivity index (χ0n) is 11.8. The van der Waals surface area contributed by atoms with Crippen LogP contribution in [0.4, 0.5) is 5.69 Å². The maximum atomic E-state index is 11.2. The van der Waals surface area contributed by atoms with E-state index in [-0.39, 0.29) is 17.3 Å². The summed E-state index contributed by atoms with van der Waals surface area (Å²) in [6.45, 7) is 1.93. The van der Waals surface area contributed by atoms with Gasteiger partial charge in [0, 0.05) is 24.5 Å². The molecule has 0 atom stereocenters. The van der Waals surface area contributed by atoms with Crippen LogP contribution in [-0.2, 0) is 6.42 Å². The van der Waals surface area contributed by atoms with Crippen LogP contribution in [-0.4, -0.2) is 19.9 Å². The van der Waals surface area contributed by atoms with Crippen molar-refractivity contribution in [2.24, 2.45) is 0 Å². The molecule has 3 rings (SSSR count). The summed E-state index contributed by atoms with van der Waals surface area (Å²) >= 11 is 0. The first kappa shape index (κ1) is 13.9. The molecular weight excluding hydrogens is 284 g/mol. The molecule has 0 unspecified atom stereocenters. The maximum absolute atomic E-state index is 11.2. The van der Waals surface area contributed by atoms with E-state index in [0.29, 0.717) is 17.6 Å². The van der Waals surface area contributed by atoms with E-state index in [0.717, 1.165) is 5.56 Å². The lowest BCUT2D eigenvalue weighted by Gasteiger charge is -2.07. The summed E-state index contributed by atoms with van der Waals surface area (Å²) in [5.41, 5.74) is 1.84. The molecule has 7 heteroatoms. The lowest BCUT2D eigenvalue weighted by atomic mass is 10.1. The van der Waals surface area contributed by atoms with E-state index in [4.69, 9.17) is 4.74 Å². The molecule has 0 aliphatic carbocycles. The molecule has 0 N–H and O–H groups in total. The summed E-state index contributed by atoms with van der Waals surface area (Å²) in [6, 6.07) is 8.20. The minimum absolute atomic E-state index is 0.0830. The Morgan fingerprint density at radius 2 is 2.00 bits per heavy atom. The van der Waals surface area contributed by atoms with Gasteiger partial charge in [-0.25, -0.2) is 4.98 Å². The molecule has 0 amide bonds. The Morgan fingerprint density at radius 3 is 2.77 bits per heavy atom. The van der Waals surface area contributed by atoms with Crippen LogP contribution in [0.15, 0.2) is 42.7 Å². The number of aromatic nitrogens is 3. The fraction of sp³-hybridized carbons (Fsp3) is 0.133. The molecule has 110 valence electrons. The number of nitrogens with zero attached hydrogens (tertiary/aromatic N) is 4. The van der Waals surface area contributed by atoms with Gasteiger partial charge in [-0.1, -0.05) is 13.0 Å². The van der Waals surface area contributed by atoms with Gasteiger partial charge >= 0.3 is 5.69 Å². The largest absolute Gasteiger partial charge is 0.432 e. The number of aryl methyl sites for hydroxylation is 1. The molecule has 0 aliphatic heterocycles. The third-order valence-corrected chi connectivity index (χ3v) is 3.15. The van der Waals surface area contributed by atoms with Crippen molar-refractivity contribution in [3.05, 3.63) is 58.4 Å². The van der Waals surface area contributed by atoms with Gasteiger partial charge in [0.25, 0.3) is 0 Å². The van der Waals surface area contributed by atoms with Crippen molar-refractivity contribution in [1.29, 1.82) is 0 Å². The fourth-order valence-electron chi connectivity index (χ4n) is 2.02. The Kier molecular flexibility index (Phi) is 3.61. The van der Waals surface area contributed by atoms with Crippen LogP contribution in [0.2, 0.25) is 0 Å². The highest BCUT2D eigenvalue weighted by molar-refractivity contribution is 5.69. The van der Waals surface area contributed by atoms with Crippen molar-refractivity contribution in [2.75, 3.05) is 0 Å². The van der Waals surface area contributed by atoms with Crippen LogP contribution < -0.4 is 4.74 Å². The number of rotatable bonds is 4. The Labute approximate surface area is 125 Å². The summed E-state index contributed by atoms with van der Waals surface area (Å²) in [7, 11) is 0. The monoisotopic (exact) mass is 296 g/mol. The SMILES string of the molecule is CCc1ccc(Oc2ccc3nccnc3n2)c([N+](=O)[O-])c1. The van der Waals surface area contributed by atoms with E-state index in [2.05, 4.69) is 15.0 Å². The normalized spacial score (nSPS) is 10.6. The predicted molar refractivity (Wildman–Crippen MR) is 79.9 cm³/mol. The number of nitro benzene ring substituents is 1. The molecular formula is C15H12N4O3. The van der Waals surface area contributed by atoms with E-state index in [9.17, 15) is 10.1 Å². The molecule has 2 aromatic heterocycles. The molecule has 1 aromatic carbocycles. The third-order valence-electron chi connectivity index (χ3n) is 3.15. The number of benzene rings is 1. The topological polar surface area (TPSA) is 91.0 Å². The van der Waals surface area contributed by atoms with Gasteiger partial charge in [-0.3, -0.25) is 15.1 Å². The minimum Gasteiger partial charge on any atom is -0.432 e. The third kappa shape index (κ3) is 2.69. The van der Waals surface area contributed by atoms with Crippen LogP contribution in [0.25, 0.3) is 11.2 Å². The molecule has 7 nitrogen and oxygen atoms in total. The Hall–Kier alpha value is -3.09. The highest BCUT2D eigenvalue weighted by Gasteiger charge is 2.17. The Morgan fingerprint density at radius 1 is 1.18 bits per heavy atom. The van der Waals surface area contributed by atoms with E-state index in [1.54, 1.807) is 30.5 Å². The number of pyridine rings is 1. The lowest BCUT2D eigenvalue weighted by molar-refractivity contribution is -0.385.